The second-order valence-electron chi connectivity index (χ2n) is 6.98. The Morgan fingerprint density at radius 2 is 1.79 bits per heavy atom. The Labute approximate surface area is 167 Å². The van der Waals surface area contributed by atoms with Gasteiger partial charge in [-0.05, 0) is 36.6 Å². The Balaban J connectivity index is 1.49. The monoisotopic (exact) mass is 388 g/mol. The van der Waals surface area contributed by atoms with Crippen molar-refractivity contribution in [3.8, 4) is 11.1 Å². The molecule has 0 radical (unpaired) electrons. The summed E-state index contributed by atoms with van der Waals surface area (Å²) < 4.78 is 0. The van der Waals surface area contributed by atoms with Gasteiger partial charge in [-0.2, -0.15) is 0 Å². The Morgan fingerprint density at radius 1 is 1.00 bits per heavy atom. The molecule has 29 heavy (non-hydrogen) atoms. The summed E-state index contributed by atoms with van der Waals surface area (Å²) in [5.41, 5.74) is 2.79. The maximum absolute atomic E-state index is 12.8. The fourth-order valence-electron chi connectivity index (χ4n) is 3.23. The lowest BCUT2D eigenvalue weighted by Crippen LogP contribution is -2.37. The van der Waals surface area contributed by atoms with Crippen LogP contribution in [0.2, 0.25) is 0 Å². The predicted octanol–water partition coefficient (Wildman–Crippen LogP) is 3.11. The number of rotatable bonds is 5. The number of anilines is 2. The minimum atomic E-state index is -0.408. The molecule has 1 saturated carbocycles. The highest BCUT2D eigenvalue weighted by Gasteiger charge is 2.33. The number of benzene rings is 1. The Hall–Kier alpha value is -3.58. The molecular weight excluding hydrogens is 368 g/mol. The van der Waals surface area contributed by atoms with Gasteiger partial charge in [-0.15, -0.1) is 0 Å². The van der Waals surface area contributed by atoms with Crippen LogP contribution in [0.5, 0.6) is 0 Å². The highest BCUT2D eigenvalue weighted by molar-refractivity contribution is 6.06. The fraction of sp³-hybridized carbons (Fsp3) is 0.182. The van der Waals surface area contributed by atoms with Gasteiger partial charge in [0.1, 0.15) is 5.82 Å². The van der Waals surface area contributed by atoms with Crippen molar-refractivity contribution in [2.24, 2.45) is 5.92 Å². The van der Waals surface area contributed by atoms with Gasteiger partial charge in [-0.25, -0.2) is 4.98 Å². The number of hydrogen-bond donors (Lipinski definition) is 3. The van der Waals surface area contributed by atoms with E-state index < -0.39 is 6.10 Å². The fourth-order valence-corrected chi connectivity index (χ4v) is 3.23. The molecule has 0 unspecified atom stereocenters. The van der Waals surface area contributed by atoms with Gasteiger partial charge in [0.15, 0.2) is 0 Å². The van der Waals surface area contributed by atoms with Crippen LogP contribution in [0, 0.1) is 5.92 Å². The summed E-state index contributed by atoms with van der Waals surface area (Å²) in [7, 11) is 0. The van der Waals surface area contributed by atoms with Crippen LogP contribution in [0.25, 0.3) is 11.1 Å². The van der Waals surface area contributed by atoms with Gasteiger partial charge in [0, 0.05) is 29.4 Å². The van der Waals surface area contributed by atoms with E-state index in [4.69, 9.17) is 0 Å². The molecule has 1 fully saturated rings. The van der Waals surface area contributed by atoms with Crippen LogP contribution in [0.3, 0.4) is 0 Å². The van der Waals surface area contributed by atoms with E-state index in [-0.39, 0.29) is 17.7 Å². The van der Waals surface area contributed by atoms with E-state index in [1.807, 2.05) is 36.4 Å². The molecule has 7 nitrogen and oxygen atoms in total. The number of carbonyl (C=O) groups excluding carboxylic acids is 2. The van der Waals surface area contributed by atoms with E-state index in [9.17, 15) is 14.7 Å². The zero-order chi connectivity index (χ0) is 20.2. The van der Waals surface area contributed by atoms with E-state index in [1.54, 1.807) is 18.5 Å². The van der Waals surface area contributed by atoms with Crippen LogP contribution in [-0.4, -0.2) is 33.0 Å². The van der Waals surface area contributed by atoms with Crippen molar-refractivity contribution >= 4 is 23.3 Å². The molecule has 3 aromatic rings. The average Bonchev–Trinajstić information content (AvgIpc) is 2.72. The molecule has 2 aromatic heterocycles. The van der Waals surface area contributed by atoms with Gasteiger partial charge < -0.3 is 15.7 Å². The van der Waals surface area contributed by atoms with Crippen molar-refractivity contribution in [1.82, 2.24) is 9.97 Å². The topological polar surface area (TPSA) is 104 Å². The van der Waals surface area contributed by atoms with E-state index in [1.165, 1.54) is 12.3 Å². The third-order valence-electron chi connectivity index (χ3n) is 4.91. The molecule has 0 saturated heterocycles. The molecule has 1 aromatic carbocycles. The lowest BCUT2D eigenvalue weighted by molar-refractivity contribution is -0.126. The second-order valence-corrected chi connectivity index (χ2v) is 6.98. The third kappa shape index (κ3) is 4.30. The standard InChI is InChI=1S/C22H20N4O3/c27-17-10-16(11-17)22(29)26-20-12-15(6-9-24-20)21(28)25-19-13-23-8-7-18(19)14-4-2-1-3-5-14/h1-9,12-13,16-17,27H,10-11H2,(H,25,28)(H,24,26,29). The molecule has 1 aliphatic rings. The average molecular weight is 388 g/mol. The van der Waals surface area contributed by atoms with Crippen LogP contribution in [-0.2, 0) is 4.79 Å². The highest BCUT2D eigenvalue weighted by atomic mass is 16.3. The van der Waals surface area contributed by atoms with Gasteiger partial charge in [0.2, 0.25) is 5.91 Å². The number of amides is 2. The maximum Gasteiger partial charge on any atom is 0.255 e. The summed E-state index contributed by atoms with van der Waals surface area (Å²) >= 11 is 0. The summed E-state index contributed by atoms with van der Waals surface area (Å²) in [6.45, 7) is 0. The van der Waals surface area contributed by atoms with Crippen LogP contribution in [0.15, 0.2) is 67.1 Å². The van der Waals surface area contributed by atoms with Crippen molar-refractivity contribution in [1.29, 1.82) is 0 Å². The van der Waals surface area contributed by atoms with Gasteiger partial charge in [-0.1, -0.05) is 30.3 Å². The molecule has 0 bridgehead atoms. The summed E-state index contributed by atoms with van der Waals surface area (Å²) in [5, 5.41) is 14.9. The molecule has 0 atom stereocenters. The quantitative estimate of drug-likeness (QED) is 0.623. The molecule has 0 spiro atoms. The zero-order valence-electron chi connectivity index (χ0n) is 15.6. The summed E-state index contributed by atoms with van der Waals surface area (Å²) in [6.07, 6.45) is 5.25. The molecule has 2 amide bonds. The number of pyridine rings is 2. The number of carbonyl (C=O) groups is 2. The highest BCUT2D eigenvalue weighted by Crippen LogP contribution is 2.29. The van der Waals surface area contributed by atoms with Crippen molar-refractivity contribution in [3.05, 3.63) is 72.7 Å². The van der Waals surface area contributed by atoms with Gasteiger partial charge in [0.25, 0.3) is 5.91 Å². The summed E-state index contributed by atoms with van der Waals surface area (Å²) in [6, 6.07) is 14.7. The number of aliphatic hydroxyl groups excluding tert-OH is 1. The molecule has 3 N–H and O–H groups in total. The SMILES string of the molecule is O=C(Nc1cnccc1-c1ccccc1)c1ccnc(NC(=O)C2CC(O)C2)c1. The normalized spacial score (nSPS) is 17.8. The van der Waals surface area contributed by atoms with Crippen LogP contribution >= 0.6 is 0 Å². The van der Waals surface area contributed by atoms with Gasteiger partial charge in [0.05, 0.1) is 18.0 Å². The Bertz CT molecular complexity index is 1030. The van der Waals surface area contributed by atoms with Gasteiger partial charge >= 0.3 is 0 Å². The first-order valence-corrected chi connectivity index (χ1v) is 9.36. The van der Waals surface area contributed by atoms with Crippen molar-refractivity contribution in [2.75, 3.05) is 10.6 Å². The van der Waals surface area contributed by atoms with Gasteiger partial charge in [-0.3, -0.25) is 14.6 Å². The van der Waals surface area contributed by atoms with E-state index in [0.717, 1.165) is 11.1 Å². The minimum Gasteiger partial charge on any atom is -0.393 e. The van der Waals surface area contributed by atoms with Crippen LogP contribution in [0.4, 0.5) is 11.5 Å². The lowest BCUT2D eigenvalue weighted by Gasteiger charge is -2.29. The number of aliphatic hydroxyl groups is 1. The number of hydrogen-bond acceptors (Lipinski definition) is 5. The molecule has 146 valence electrons. The third-order valence-corrected chi connectivity index (χ3v) is 4.91. The molecular formula is C22H20N4O3. The minimum absolute atomic E-state index is 0.195. The number of nitrogens with one attached hydrogen (secondary N) is 2. The van der Waals surface area contributed by atoms with Crippen molar-refractivity contribution in [2.45, 2.75) is 18.9 Å². The molecule has 2 heterocycles. The Morgan fingerprint density at radius 3 is 2.55 bits per heavy atom. The lowest BCUT2D eigenvalue weighted by atomic mass is 9.82. The predicted molar refractivity (Wildman–Crippen MR) is 109 cm³/mol. The first kappa shape index (κ1) is 18.8. The second kappa shape index (κ2) is 8.20. The largest absolute Gasteiger partial charge is 0.393 e. The van der Waals surface area contributed by atoms with Crippen molar-refractivity contribution < 1.29 is 14.7 Å². The van der Waals surface area contributed by atoms with Crippen LogP contribution in [0.1, 0.15) is 23.2 Å². The zero-order valence-corrected chi connectivity index (χ0v) is 15.6. The molecule has 4 rings (SSSR count). The van der Waals surface area contributed by atoms with Crippen LogP contribution < -0.4 is 10.6 Å². The number of nitrogens with zero attached hydrogens (tertiary/aromatic N) is 2. The number of aromatic nitrogens is 2. The summed E-state index contributed by atoms with van der Waals surface area (Å²) in [5.74, 6) is -0.433. The Kier molecular flexibility index (Phi) is 5.31. The molecule has 1 aliphatic carbocycles. The molecule has 7 heteroatoms. The smallest absolute Gasteiger partial charge is 0.255 e. The first-order valence-electron chi connectivity index (χ1n) is 9.36. The molecule has 0 aliphatic heterocycles. The van der Waals surface area contributed by atoms with E-state index in [0.29, 0.717) is 29.9 Å². The summed E-state index contributed by atoms with van der Waals surface area (Å²) in [4.78, 5) is 33.1. The van der Waals surface area contributed by atoms with E-state index in [2.05, 4.69) is 20.6 Å². The first-order chi connectivity index (χ1) is 14.1. The van der Waals surface area contributed by atoms with Crippen molar-refractivity contribution in [3.63, 3.8) is 0 Å². The maximum atomic E-state index is 12.8. The van der Waals surface area contributed by atoms with E-state index >= 15 is 0 Å².